The molecule has 0 heterocycles. The zero-order valence-corrected chi connectivity index (χ0v) is 25.8. The molecule has 0 fully saturated rings. The van der Waals surface area contributed by atoms with Gasteiger partial charge in [0, 0.05) is 25.1 Å². The minimum Gasteiger partial charge on any atom is -0.489 e. The molecule has 0 unspecified atom stereocenters. The highest BCUT2D eigenvalue weighted by molar-refractivity contribution is 5.96. The van der Waals surface area contributed by atoms with E-state index in [0.29, 0.717) is 31.2 Å². The van der Waals surface area contributed by atoms with Crippen molar-refractivity contribution in [3.8, 4) is 11.5 Å². The topological polar surface area (TPSA) is 105 Å². The molecular formula is C39H36N2O6. The first-order valence-corrected chi connectivity index (χ1v) is 15.3. The van der Waals surface area contributed by atoms with Gasteiger partial charge in [-0.25, -0.2) is 4.79 Å². The Hall–Kier alpha value is -5.89. The molecule has 0 saturated carbocycles. The highest BCUT2D eigenvalue weighted by Crippen LogP contribution is 2.17. The summed E-state index contributed by atoms with van der Waals surface area (Å²) in [6.07, 6.45) is 0.103. The SMILES string of the molecule is O=C(N[C@@H](Cc1ccc(OCc2ccccc2)cc1)C(=O)O)c1ccc(OCC(=O)N(Cc2ccccc2)Cc2ccccc2)cc1. The second kappa shape index (κ2) is 16.4. The number of ether oxygens (including phenoxy) is 2. The van der Waals surface area contributed by atoms with Gasteiger partial charge in [0.05, 0.1) is 0 Å². The number of benzene rings is 5. The van der Waals surface area contributed by atoms with E-state index in [-0.39, 0.29) is 24.5 Å². The van der Waals surface area contributed by atoms with E-state index in [4.69, 9.17) is 9.47 Å². The fourth-order valence-corrected chi connectivity index (χ4v) is 4.92. The third kappa shape index (κ3) is 10.1. The smallest absolute Gasteiger partial charge is 0.326 e. The third-order valence-corrected chi connectivity index (χ3v) is 7.48. The Morgan fingerprint density at radius 1 is 0.596 bits per heavy atom. The maximum absolute atomic E-state index is 13.2. The zero-order chi connectivity index (χ0) is 32.8. The first kappa shape index (κ1) is 32.5. The molecule has 8 heteroatoms. The molecular weight excluding hydrogens is 592 g/mol. The van der Waals surface area contributed by atoms with Crippen molar-refractivity contribution < 1.29 is 29.0 Å². The Morgan fingerprint density at radius 2 is 1.09 bits per heavy atom. The van der Waals surface area contributed by atoms with Crippen molar-refractivity contribution in [1.29, 1.82) is 0 Å². The average Bonchev–Trinajstić information content (AvgIpc) is 3.11. The molecule has 0 aliphatic carbocycles. The summed E-state index contributed by atoms with van der Waals surface area (Å²) in [5.41, 5.74) is 4.08. The van der Waals surface area contributed by atoms with Gasteiger partial charge in [0.2, 0.25) is 0 Å². The average molecular weight is 629 g/mol. The van der Waals surface area contributed by atoms with Crippen LogP contribution < -0.4 is 14.8 Å². The molecule has 5 rings (SSSR count). The Kier molecular flexibility index (Phi) is 11.4. The Bertz CT molecular complexity index is 1690. The number of hydrogen-bond acceptors (Lipinski definition) is 5. The van der Waals surface area contributed by atoms with Gasteiger partial charge in [-0.3, -0.25) is 9.59 Å². The van der Waals surface area contributed by atoms with Gasteiger partial charge < -0.3 is 24.8 Å². The van der Waals surface area contributed by atoms with Crippen molar-refractivity contribution >= 4 is 17.8 Å². The number of amides is 2. The molecule has 47 heavy (non-hydrogen) atoms. The van der Waals surface area contributed by atoms with Crippen molar-refractivity contribution in [3.63, 3.8) is 0 Å². The van der Waals surface area contributed by atoms with E-state index in [2.05, 4.69) is 5.32 Å². The predicted molar refractivity (Wildman–Crippen MR) is 179 cm³/mol. The van der Waals surface area contributed by atoms with Crippen molar-refractivity contribution in [2.75, 3.05) is 6.61 Å². The maximum atomic E-state index is 13.2. The minimum atomic E-state index is -1.14. The van der Waals surface area contributed by atoms with Crippen LogP contribution in [0.25, 0.3) is 0 Å². The van der Waals surface area contributed by atoms with Gasteiger partial charge in [-0.15, -0.1) is 0 Å². The van der Waals surface area contributed by atoms with E-state index in [1.165, 1.54) is 0 Å². The molecule has 238 valence electrons. The molecule has 1 atom stereocenters. The first-order valence-electron chi connectivity index (χ1n) is 15.3. The summed E-state index contributed by atoms with van der Waals surface area (Å²) in [7, 11) is 0. The lowest BCUT2D eigenvalue weighted by molar-refractivity contribution is -0.139. The van der Waals surface area contributed by atoms with Gasteiger partial charge in [0.1, 0.15) is 24.1 Å². The van der Waals surface area contributed by atoms with Crippen LogP contribution in [0.3, 0.4) is 0 Å². The van der Waals surface area contributed by atoms with Crippen LogP contribution in [-0.2, 0) is 35.7 Å². The van der Waals surface area contributed by atoms with E-state index in [1.54, 1.807) is 53.4 Å². The summed E-state index contributed by atoms with van der Waals surface area (Å²) in [5.74, 6) is -0.771. The molecule has 0 aliphatic rings. The molecule has 2 N–H and O–H groups in total. The summed E-state index contributed by atoms with van der Waals surface area (Å²) in [6.45, 7) is 1.12. The number of aliphatic carboxylic acids is 1. The van der Waals surface area contributed by atoms with Crippen molar-refractivity contribution in [1.82, 2.24) is 10.2 Å². The van der Waals surface area contributed by atoms with Crippen LogP contribution in [0.5, 0.6) is 11.5 Å². The summed E-state index contributed by atoms with van der Waals surface area (Å²) >= 11 is 0. The maximum Gasteiger partial charge on any atom is 0.326 e. The van der Waals surface area contributed by atoms with Gasteiger partial charge in [-0.05, 0) is 58.7 Å². The van der Waals surface area contributed by atoms with Crippen molar-refractivity contribution in [3.05, 3.63) is 167 Å². The Balaban J connectivity index is 1.13. The molecule has 5 aromatic rings. The minimum absolute atomic E-state index is 0.103. The third-order valence-electron chi connectivity index (χ3n) is 7.48. The highest BCUT2D eigenvalue weighted by Gasteiger charge is 2.22. The number of carboxylic acids is 1. The quantitative estimate of drug-likeness (QED) is 0.141. The van der Waals surface area contributed by atoms with Crippen LogP contribution in [0.15, 0.2) is 140 Å². The van der Waals surface area contributed by atoms with Crippen LogP contribution in [0.4, 0.5) is 0 Å². The fraction of sp³-hybridized carbons (Fsp3) is 0.154. The number of hydrogen-bond donors (Lipinski definition) is 2. The van der Waals surface area contributed by atoms with Crippen LogP contribution in [0, 0.1) is 0 Å². The zero-order valence-electron chi connectivity index (χ0n) is 25.8. The van der Waals surface area contributed by atoms with E-state index >= 15 is 0 Å². The largest absolute Gasteiger partial charge is 0.489 e. The monoisotopic (exact) mass is 628 g/mol. The van der Waals surface area contributed by atoms with E-state index in [1.807, 2.05) is 91.0 Å². The number of rotatable bonds is 15. The van der Waals surface area contributed by atoms with Gasteiger partial charge in [0.25, 0.3) is 11.8 Å². The standard InChI is InChI=1S/C39H36N2O6/c42-37(41(25-30-10-4-1-5-11-30)26-31-12-6-2-7-13-31)28-47-35-22-18-33(19-23-35)38(43)40-36(39(44)45)24-29-16-20-34(21-17-29)46-27-32-14-8-3-9-15-32/h1-23,36H,24-28H2,(H,40,43)(H,44,45)/t36-/m0/s1. The number of nitrogens with zero attached hydrogens (tertiary/aromatic N) is 1. The van der Waals surface area contributed by atoms with E-state index in [9.17, 15) is 19.5 Å². The summed E-state index contributed by atoms with van der Waals surface area (Å²) in [4.78, 5) is 39.9. The van der Waals surface area contributed by atoms with Crippen LogP contribution in [0.1, 0.15) is 32.6 Å². The van der Waals surface area contributed by atoms with Crippen LogP contribution >= 0.6 is 0 Å². The highest BCUT2D eigenvalue weighted by atomic mass is 16.5. The van der Waals surface area contributed by atoms with Gasteiger partial charge in [-0.1, -0.05) is 103 Å². The Labute approximate surface area is 274 Å². The number of carbonyl (C=O) groups excluding carboxylic acids is 2. The summed E-state index contributed by atoms with van der Waals surface area (Å²) in [5, 5.41) is 12.4. The fourth-order valence-electron chi connectivity index (χ4n) is 4.92. The molecule has 0 spiro atoms. The van der Waals surface area contributed by atoms with E-state index in [0.717, 1.165) is 22.3 Å². The van der Waals surface area contributed by atoms with Gasteiger partial charge in [0.15, 0.2) is 6.61 Å². The first-order chi connectivity index (χ1) is 22.9. The second-order valence-electron chi connectivity index (χ2n) is 11.0. The number of carboxylic acid groups (broad SMARTS) is 1. The lowest BCUT2D eigenvalue weighted by Crippen LogP contribution is -2.42. The summed E-state index contributed by atoms with van der Waals surface area (Å²) in [6, 6.07) is 41.6. The molecule has 0 aliphatic heterocycles. The van der Waals surface area contributed by atoms with E-state index < -0.39 is 17.9 Å². The van der Waals surface area contributed by atoms with Crippen LogP contribution in [-0.4, -0.2) is 40.4 Å². The lowest BCUT2D eigenvalue weighted by Gasteiger charge is -2.23. The molecule has 0 radical (unpaired) electrons. The van der Waals surface area contributed by atoms with Crippen molar-refractivity contribution in [2.24, 2.45) is 0 Å². The van der Waals surface area contributed by atoms with Crippen molar-refractivity contribution in [2.45, 2.75) is 32.2 Å². The molecule has 0 bridgehead atoms. The van der Waals surface area contributed by atoms with Gasteiger partial charge >= 0.3 is 5.97 Å². The van der Waals surface area contributed by atoms with Crippen LogP contribution in [0.2, 0.25) is 0 Å². The normalized spacial score (nSPS) is 11.2. The lowest BCUT2D eigenvalue weighted by atomic mass is 10.1. The molecule has 5 aromatic carbocycles. The second-order valence-corrected chi connectivity index (χ2v) is 11.0. The molecule has 0 aromatic heterocycles. The Morgan fingerprint density at radius 3 is 1.62 bits per heavy atom. The molecule has 2 amide bonds. The molecule has 0 saturated heterocycles. The predicted octanol–water partition coefficient (Wildman–Crippen LogP) is 6.30. The number of nitrogens with one attached hydrogen (secondary N) is 1. The number of carbonyl (C=O) groups is 3. The van der Waals surface area contributed by atoms with Gasteiger partial charge in [-0.2, -0.15) is 0 Å². The molecule has 8 nitrogen and oxygen atoms in total. The summed E-state index contributed by atoms with van der Waals surface area (Å²) < 4.78 is 11.6.